The van der Waals surface area contributed by atoms with Gasteiger partial charge in [0.05, 0.1) is 5.56 Å². The lowest BCUT2D eigenvalue weighted by molar-refractivity contribution is 0.253. The first-order valence-corrected chi connectivity index (χ1v) is 8.31. The molecule has 0 aliphatic carbocycles. The summed E-state index contributed by atoms with van der Waals surface area (Å²) in [6.45, 7) is 1.11. The second-order valence-corrected chi connectivity index (χ2v) is 6.33. The van der Waals surface area contributed by atoms with Gasteiger partial charge in [-0.05, 0) is 37.9 Å². The molecule has 0 unspecified atom stereocenters. The van der Waals surface area contributed by atoms with Crippen LogP contribution < -0.4 is 16.3 Å². The number of urea groups is 1. The Labute approximate surface area is 151 Å². The van der Waals surface area contributed by atoms with Crippen molar-refractivity contribution >= 4 is 22.7 Å². The van der Waals surface area contributed by atoms with E-state index >= 15 is 0 Å². The molecule has 0 bridgehead atoms. The van der Waals surface area contributed by atoms with Crippen LogP contribution in [0.5, 0.6) is 0 Å². The quantitative estimate of drug-likeness (QED) is 0.717. The van der Waals surface area contributed by atoms with E-state index in [0.717, 1.165) is 10.9 Å². The van der Waals surface area contributed by atoms with E-state index in [2.05, 4.69) is 0 Å². The van der Waals surface area contributed by atoms with Gasteiger partial charge in [0.1, 0.15) is 5.58 Å². The molecular formula is C20H21N3O3. The van der Waals surface area contributed by atoms with Gasteiger partial charge in [-0.1, -0.05) is 30.3 Å². The molecule has 3 rings (SSSR count). The molecule has 1 aromatic heterocycles. The van der Waals surface area contributed by atoms with Gasteiger partial charge in [-0.3, -0.25) is 4.90 Å². The van der Waals surface area contributed by atoms with Crippen LogP contribution in [0, 0.1) is 0 Å². The summed E-state index contributed by atoms with van der Waals surface area (Å²) < 4.78 is 5.50. The first-order chi connectivity index (χ1) is 12.5. The molecule has 0 saturated heterocycles. The van der Waals surface area contributed by atoms with Crippen LogP contribution in [-0.2, 0) is 0 Å². The Kier molecular flexibility index (Phi) is 5.04. The van der Waals surface area contributed by atoms with E-state index < -0.39 is 11.7 Å². The molecule has 2 amide bonds. The molecule has 0 aliphatic heterocycles. The number of nitrogens with two attached hydrogens (primary N) is 1. The van der Waals surface area contributed by atoms with Gasteiger partial charge < -0.3 is 15.1 Å². The Morgan fingerprint density at radius 2 is 1.77 bits per heavy atom. The summed E-state index contributed by atoms with van der Waals surface area (Å²) in [5.41, 5.74) is 7.42. The molecule has 0 radical (unpaired) electrons. The van der Waals surface area contributed by atoms with Crippen LogP contribution in [0.1, 0.15) is 0 Å². The van der Waals surface area contributed by atoms with Crippen molar-refractivity contribution in [3.05, 3.63) is 65.0 Å². The van der Waals surface area contributed by atoms with Crippen molar-refractivity contribution in [3.8, 4) is 11.1 Å². The topological polar surface area (TPSA) is 79.8 Å². The zero-order chi connectivity index (χ0) is 18.7. The first-order valence-electron chi connectivity index (χ1n) is 8.31. The van der Waals surface area contributed by atoms with Crippen LogP contribution in [0.4, 0.5) is 10.5 Å². The number of primary amides is 1. The molecule has 6 heteroatoms. The minimum absolute atomic E-state index is 0.417. The average Bonchev–Trinajstić information content (AvgIpc) is 2.61. The minimum Gasteiger partial charge on any atom is -0.422 e. The number of rotatable bonds is 5. The number of anilines is 1. The van der Waals surface area contributed by atoms with Crippen LogP contribution in [0.3, 0.4) is 0 Å². The smallest absolute Gasteiger partial charge is 0.344 e. The molecule has 134 valence electrons. The lowest BCUT2D eigenvalue weighted by Gasteiger charge is -2.22. The number of carbonyl (C=O) groups excluding carboxylic acids is 1. The third kappa shape index (κ3) is 3.75. The SMILES string of the molecule is CN(C)CCN(C(N)=O)c1ccc2cc(-c3ccccc3)c(=O)oc2c1. The monoisotopic (exact) mass is 351 g/mol. The van der Waals surface area contributed by atoms with E-state index in [1.165, 1.54) is 4.90 Å². The lowest BCUT2D eigenvalue weighted by Crippen LogP contribution is -2.40. The van der Waals surface area contributed by atoms with Gasteiger partial charge in [-0.25, -0.2) is 9.59 Å². The highest BCUT2D eigenvalue weighted by atomic mass is 16.4. The maximum absolute atomic E-state index is 12.4. The predicted octanol–water partition coefficient (Wildman–Crippen LogP) is 2.91. The Balaban J connectivity index is 2.01. The van der Waals surface area contributed by atoms with Crippen molar-refractivity contribution in [1.82, 2.24) is 4.90 Å². The van der Waals surface area contributed by atoms with Crippen LogP contribution in [0.15, 0.2) is 63.8 Å². The summed E-state index contributed by atoms with van der Waals surface area (Å²) in [6.07, 6.45) is 0. The standard InChI is InChI=1S/C20H21N3O3/c1-22(2)10-11-23(20(21)25)16-9-8-15-12-17(14-6-4-3-5-7-14)19(24)26-18(15)13-16/h3-9,12-13H,10-11H2,1-2H3,(H2,21,25). The molecule has 2 N–H and O–H groups in total. The zero-order valence-electron chi connectivity index (χ0n) is 14.8. The summed E-state index contributed by atoms with van der Waals surface area (Å²) in [7, 11) is 3.84. The second kappa shape index (κ2) is 7.41. The van der Waals surface area contributed by atoms with Gasteiger partial charge in [0.15, 0.2) is 0 Å². The van der Waals surface area contributed by atoms with Crippen LogP contribution in [-0.4, -0.2) is 38.1 Å². The predicted molar refractivity (Wildman–Crippen MR) is 103 cm³/mol. The molecule has 0 atom stereocenters. The number of likely N-dealkylation sites (N-methyl/N-ethyl adjacent to an activating group) is 1. The first kappa shape index (κ1) is 17.7. The highest BCUT2D eigenvalue weighted by molar-refractivity contribution is 5.93. The fourth-order valence-electron chi connectivity index (χ4n) is 2.75. The molecule has 6 nitrogen and oxygen atoms in total. The molecule has 0 saturated carbocycles. The average molecular weight is 351 g/mol. The fourth-order valence-corrected chi connectivity index (χ4v) is 2.75. The Hall–Kier alpha value is -3.12. The Morgan fingerprint density at radius 3 is 2.42 bits per heavy atom. The minimum atomic E-state index is -0.547. The maximum atomic E-state index is 12.4. The highest BCUT2D eigenvalue weighted by Crippen LogP contribution is 2.25. The van der Waals surface area contributed by atoms with Crippen molar-refractivity contribution in [2.45, 2.75) is 0 Å². The van der Waals surface area contributed by atoms with Crippen LogP contribution in [0.2, 0.25) is 0 Å². The normalized spacial score (nSPS) is 11.0. The molecule has 0 fully saturated rings. The van der Waals surface area contributed by atoms with Crippen LogP contribution >= 0.6 is 0 Å². The van der Waals surface area contributed by atoms with Gasteiger partial charge >= 0.3 is 11.7 Å². The van der Waals surface area contributed by atoms with Crippen molar-refractivity contribution in [3.63, 3.8) is 0 Å². The highest BCUT2D eigenvalue weighted by Gasteiger charge is 2.15. The number of hydrogen-bond donors (Lipinski definition) is 1. The third-order valence-electron chi connectivity index (χ3n) is 4.15. The van der Waals surface area contributed by atoms with Crippen molar-refractivity contribution in [2.75, 3.05) is 32.1 Å². The Bertz CT molecular complexity index is 981. The van der Waals surface area contributed by atoms with Crippen molar-refractivity contribution < 1.29 is 9.21 Å². The fraction of sp³-hybridized carbons (Fsp3) is 0.200. The molecule has 1 heterocycles. The number of fused-ring (bicyclic) bond motifs is 1. The largest absolute Gasteiger partial charge is 0.422 e. The third-order valence-corrected chi connectivity index (χ3v) is 4.15. The number of benzene rings is 2. The van der Waals surface area contributed by atoms with E-state index in [1.54, 1.807) is 18.2 Å². The summed E-state index contributed by atoms with van der Waals surface area (Å²) in [6, 6.07) is 15.9. The second-order valence-electron chi connectivity index (χ2n) is 6.33. The summed E-state index contributed by atoms with van der Waals surface area (Å²) >= 11 is 0. The van der Waals surface area contributed by atoms with E-state index in [1.807, 2.05) is 55.4 Å². The summed E-state index contributed by atoms with van der Waals surface area (Å²) in [5.74, 6) is 0. The van der Waals surface area contributed by atoms with E-state index in [-0.39, 0.29) is 0 Å². The van der Waals surface area contributed by atoms with Crippen molar-refractivity contribution in [1.29, 1.82) is 0 Å². The number of carbonyl (C=O) groups is 1. The molecule has 2 aromatic carbocycles. The summed E-state index contributed by atoms with van der Waals surface area (Å²) in [5, 5.41) is 0.782. The number of amides is 2. The lowest BCUT2D eigenvalue weighted by atomic mass is 10.1. The Morgan fingerprint density at radius 1 is 1.04 bits per heavy atom. The van der Waals surface area contributed by atoms with Gasteiger partial charge in [-0.15, -0.1) is 0 Å². The van der Waals surface area contributed by atoms with Gasteiger partial charge in [0, 0.05) is 30.2 Å². The summed E-state index contributed by atoms with van der Waals surface area (Å²) in [4.78, 5) is 27.6. The maximum Gasteiger partial charge on any atom is 0.344 e. The number of hydrogen-bond acceptors (Lipinski definition) is 4. The van der Waals surface area contributed by atoms with Gasteiger partial charge in [0.25, 0.3) is 0 Å². The van der Waals surface area contributed by atoms with Gasteiger partial charge in [-0.2, -0.15) is 0 Å². The molecule has 3 aromatic rings. The molecular weight excluding hydrogens is 330 g/mol. The van der Waals surface area contributed by atoms with E-state index in [9.17, 15) is 9.59 Å². The molecule has 0 aliphatic rings. The zero-order valence-corrected chi connectivity index (χ0v) is 14.8. The van der Waals surface area contributed by atoms with Crippen molar-refractivity contribution in [2.24, 2.45) is 5.73 Å². The molecule has 0 spiro atoms. The molecule has 26 heavy (non-hydrogen) atoms. The van der Waals surface area contributed by atoms with Crippen LogP contribution in [0.25, 0.3) is 22.1 Å². The van der Waals surface area contributed by atoms with E-state index in [0.29, 0.717) is 29.9 Å². The number of nitrogens with zero attached hydrogens (tertiary/aromatic N) is 2. The van der Waals surface area contributed by atoms with Gasteiger partial charge in [0.2, 0.25) is 0 Å². The van der Waals surface area contributed by atoms with E-state index in [4.69, 9.17) is 10.2 Å².